The minimum Gasteiger partial charge on any atom is -0.493 e. The SMILES string of the molecule is COc1cc(Br)c(C(=O)c2c(Br)c(Br)cc(OC)c2OC)cc1OC. The first-order valence-electron chi connectivity index (χ1n) is 6.95. The molecule has 0 atom stereocenters. The van der Waals surface area contributed by atoms with Crippen LogP contribution < -0.4 is 18.9 Å². The van der Waals surface area contributed by atoms with E-state index in [-0.39, 0.29) is 5.78 Å². The van der Waals surface area contributed by atoms with E-state index >= 15 is 0 Å². The molecule has 0 spiro atoms. The zero-order valence-electron chi connectivity index (χ0n) is 13.9. The number of halogens is 3. The molecule has 0 unspecified atom stereocenters. The predicted octanol–water partition coefficient (Wildman–Crippen LogP) is 5.24. The molecule has 0 aliphatic heterocycles. The fourth-order valence-electron chi connectivity index (χ4n) is 2.31. The first kappa shape index (κ1) is 20.1. The van der Waals surface area contributed by atoms with Gasteiger partial charge < -0.3 is 18.9 Å². The summed E-state index contributed by atoms with van der Waals surface area (Å²) < 4.78 is 23.1. The van der Waals surface area contributed by atoms with Crippen molar-refractivity contribution in [3.8, 4) is 23.0 Å². The highest BCUT2D eigenvalue weighted by Crippen LogP contribution is 2.43. The molecule has 0 radical (unpaired) electrons. The highest BCUT2D eigenvalue weighted by molar-refractivity contribution is 9.13. The van der Waals surface area contributed by atoms with Gasteiger partial charge >= 0.3 is 0 Å². The topological polar surface area (TPSA) is 54.0 Å². The number of carbonyl (C=O) groups excluding carboxylic acids is 1. The molecule has 2 aromatic carbocycles. The number of ether oxygens (including phenoxy) is 4. The van der Waals surface area contributed by atoms with Gasteiger partial charge in [-0.1, -0.05) is 0 Å². The molecule has 0 fully saturated rings. The van der Waals surface area contributed by atoms with Crippen molar-refractivity contribution in [2.24, 2.45) is 0 Å². The van der Waals surface area contributed by atoms with Crippen molar-refractivity contribution in [3.05, 3.63) is 42.7 Å². The largest absolute Gasteiger partial charge is 0.493 e. The van der Waals surface area contributed by atoms with Crippen molar-refractivity contribution in [1.29, 1.82) is 0 Å². The number of benzene rings is 2. The molecular formula is C17H15Br3O5. The van der Waals surface area contributed by atoms with E-state index in [9.17, 15) is 4.79 Å². The number of rotatable bonds is 6. The Morgan fingerprint density at radius 2 is 1.28 bits per heavy atom. The summed E-state index contributed by atoms with van der Waals surface area (Å²) in [5.41, 5.74) is 0.735. The highest BCUT2D eigenvalue weighted by Gasteiger charge is 2.26. The van der Waals surface area contributed by atoms with Crippen LogP contribution in [-0.2, 0) is 0 Å². The summed E-state index contributed by atoms with van der Waals surface area (Å²) >= 11 is 10.3. The first-order valence-corrected chi connectivity index (χ1v) is 9.33. The molecule has 0 saturated carbocycles. The Morgan fingerprint density at radius 1 is 0.760 bits per heavy atom. The molecule has 0 N–H and O–H groups in total. The van der Waals surface area contributed by atoms with Crippen molar-refractivity contribution >= 4 is 53.6 Å². The maximum Gasteiger partial charge on any atom is 0.199 e. The van der Waals surface area contributed by atoms with Gasteiger partial charge in [-0.3, -0.25) is 4.79 Å². The fraction of sp³-hybridized carbons (Fsp3) is 0.235. The minimum atomic E-state index is -0.267. The van der Waals surface area contributed by atoms with E-state index in [2.05, 4.69) is 47.8 Å². The van der Waals surface area contributed by atoms with Crippen LogP contribution in [0.2, 0.25) is 0 Å². The standard InChI is InChI=1S/C17H15Br3O5/c1-22-11-5-8(9(18)6-12(11)23-2)16(21)14-15(20)10(19)7-13(24-3)17(14)25-4/h5-7H,1-4H3. The van der Waals surface area contributed by atoms with E-state index in [1.165, 1.54) is 28.4 Å². The number of hydrogen-bond acceptors (Lipinski definition) is 5. The molecule has 0 aliphatic carbocycles. The number of carbonyl (C=O) groups is 1. The molecule has 0 aromatic heterocycles. The number of ketones is 1. The van der Waals surface area contributed by atoms with E-state index < -0.39 is 0 Å². The summed E-state index contributed by atoms with van der Waals surface area (Å²) in [6.45, 7) is 0. The van der Waals surface area contributed by atoms with Gasteiger partial charge in [-0.2, -0.15) is 0 Å². The van der Waals surface area contributed by atoms with E-state index in [0.717, 1.165) is 0 Å². The Kier molecular flexibility index (Phi) is 6.76. The molecule has 2 aromatic rings. The smallest absolute Gasteiger partial charge is 0.199 e. The molecule has 0 aliphatic rings. The van der Waals surface area contributed by atoms with Crippen LogP contribution in [0.4, 0.5) is 0 Å². The molecule has 8 heteroatoms. The van der Waals surface area contributed by atoms with Gasteiger partial charge in [-0.15, -0.1) is 0 Å². The second-order valence-electron chi connectivity index (χ2n) is 4.80. The normalized spacial score (nSPS) is 10.4. The third-order valence-corrected chi connectivity index (χ3v) is 6.14. The summed E-state index contributed by atoms with van der Waals surface area (Å²) in [5, 5.41) is 0. The summed E-state index contributed by atoms with van der Waals surface area (Å²) in [6.07, 6.45) is 0. The molecule has 0 heterocycles. The lowest BCUT2D eigenvalue weighted by Crippen LogP contribution is -2.08. The van der Waals surface area contributed by atoms with Crippen molar-refractivity contribution in [1.82, 2.24) is 0 Å². The second kappa shape index (κ2) is 8.42. The van der Waals surface area contributed by atoms with Crippen molar-refractivity contribution in [2.75, 3.05) is 28.4 Å². The average Bonchev–Trinajstić information content (AvgIpc) is 2.62. The maximum atomic E-state index is 13.2. The van der Waals surface area contributed by atoms with Gasteiger partial charge in [0.25, 0.3) is 0 Å². The quantitative estimate of drug-likeness (QED) is 0.471. The third kappa shape index (κ3) is 3.80. The molecule has 25 heavy (non-hydrogen) atoms. The minimum absolute atomic E-state index is 0.267. The van der Waals surface area contributed by atoms with E-state index in [0.29, 0.717) is 47.5 Å². The zero-order chi connectivity index (χ0) is 18.7. The summed E-state index contributed by atoms with van der Waals surface area (Å²) in [4.78, 5) is 13.2. The Morgan fingerprint density at radius 3 is 1.80 bits per heavy atom. The van der Waals surface area contributed by atoms with Crippen LogP contribution in [-0.4, -0.2) is 34.2 Å². The van der Waals surface area contributed by atoms with Gasteiger partial charge in [0.15, 0.2) is 28.8 Å². The Balaban J connectivity index is 2.72. The van der Waals surface area contributed by atoms with Crippen LogP contribution in [0, 0.1) is 0 Å². The van der Waals surface area contributed by atoms with Gasteiger partial charge in [0.1, 0.15) is 0 Å². The summed E-state index contributed by atoms with van der Waals surface area (Å²) in [6, 6.07) is 5.02. The third-order valence-electron chi connectivity index (χ3n) is 3.51. The predicted molar refractivity (Wildman–Crippen MR) is 106 cm³/mol. The zero-order valence-corrected chi connectivity index (χ0v) is 18.7. The van der Waals surface area contributed by atoms with Gasteiger partial charge in [-0.05, 0) is 66.0 Å². The van der Waals surface area contributed by atoms with Crippen LogP contribution in [0.5, 0.6) is 23.0 Å². The van der Waals surface area contributed by atoms with Crippen LogP contribution >= 0.6 is 47.8 Å². The Bertz CT molecular complexity index is 821. The molecule has 5 nitrogen and oxygen atoms in total. The van der Waals surface area contributed by atoms with Crippen LogP contribution in [0.1, 0.15) is 15.9 Å². The fourth-order valence-corrected chi connectivity index (χ4v) is 3.69. The molecule has 2 rings (SSSR count). The summed E-state index contributed by atoms with van der Waals surface area (Å²) in [5.74, 6) is 1.48. The van der Waals surface area contributed by atoms with Crippen molar-refractivity contribution in [2.45, 2.75) is 0 Å². The van der Waals surface area contributed by atoms with E-state index in [1.54, 1.807) is 18.2 Å². The monoisotopic (exact) mass is 536 g/mol. The molecular weight excluding hydrogens is 524 g/mol. The molecule has 134 valence electrons. The lowest BCUT2D eigenvalue weighted by molar-refractivity contribution is 0.103. The van der Waals surface area contributed by atoms with Crippen LogP contribution in [0.15, 0.2) is 31.6 Å². The highest BCUT2D eigenvalue weighted by atomic mass is 79.9. The number of methoxy groups -OCH3 is 4. The van der Waals surface area contributed by atoms with Crippen molar-refractivity contribution < 1.29 is 23.7 Å². The Hall–Kier alpha value is -1.25. The van der Waals surface area contributed by atoms with E-state index in [1.807, 2.05) is 0 Å². The summed E-state index contributed by atoms with van der Waals surface area (Å²) in [7, 11) is 6.04. The molecule has 0 amide bonds. The second-order valence-corrected chi connectivity index (χ2v) is 7.30. The van der Waals surface area contributed by atoms with E-state index in [4.69, 9.17) is 18.9 Å². The lowest BCUT2D eigenvalue weighted by Gasteiger charge is -2.17. The van der Waals surface area contributed by atoms with Crippen LogP contribution in [0.25, 0.3) is 0 Å². The first-order chi connectivity index (χ1) is 11.9. The van der Waals surface area contributed by atoms with Gasteiger partial charge in [0.2, 0.25) is 0 Å². The molecule has 0 bridgehead atoms. The van der Waals surface area contributed by atoms with Gasteiger partial charge in [0.05, 0.1) is 34.0 Å². The molecule has 0 saturated heterocycles. The Labute approximate surface area is 171 Å². The van der Waals surface area contributed by atoms with Gasteiger partial charge in [-0.25, -0.2) is 0 Å². The lowest BCUT2D eigenvalue weighted by atomic mass is 10.0. The van der Waals surface area contributed by atoms with Gasteiger partial charge in [0, 0.05) is 19.0 Å². The maximum absolute atomic E-state index is 13.2. The van der Waals surface area contributed by atoms with Crippen molar-refractivity contribution in [3.63, 3.8) is 0 Å². The average molecular weight is 539 g/mol. The van der Waals surface area contributed by atoms with Crippen LogP contribution in [0.3, 0.4) is 0 Å². The number of hydrogen-bond donors (Lipinski definition) is 0.